The first-order valence-corrected chi connectivity index (χ1v) is 21.6. The fourth-order valence-corrected chi connectivity index (χ4v) is 10.6. The quantitative estimate of drug-likeness (QED) is 0.176. The number of rotatable bonds is 10. The van der Waals surface area contributed by atoms with Crippen molar-refractivity contribution >= 4 is 17.8 Å². The fourth-order valence-electron chi connectivity index (χ4n) is 10.6. The lowest BCUT2D eigenvalue weighted by molar-refractivity contribution is -0.138. The zero-order valence-electron chi connectivity index (χ0n) is 35.2. The maximum atomic E-state index is 14.8. The molecule has 8 nitrogen and oxygen atoms in total. The van der Waals surface area contributed by atoms with Crippen molar-refractivity contribution in [3.63, 3.8) is 0 Å². The van der Waals surface area contributed by atoms with E-state index in [4.69, 9.17) is 5.73 Å². The summed E-state index contributed by atoms with van der Waals surface area (Å²) in [4.78, 5) is 50.8. The normalized spacial score (nSPS) is 31.1. The van der Waals surface area contributed by atoms with Gasteiger partial charge in [-0.1, -0.05) is 112 Å². The van der Waals surface area contributed by atoms with E-state index in [-0.39, 0.29) is 35.5 Å². The lowest BCUT2D eigenvalue weighted by atomic mass is 9.81. The Morgan fingerprint density at radius 2 is 1.16 bits per heavy atom. The van der Waals surface area contributed by atoms with E-state index in [0.717, 1.165) is 34.6 Å². The third-order valence-electron chi connectivity index (χ3n) is 13.1. The van der Waals surface area contributed by atoms with E-state index in [1.165, 1.54) is 32.9 Å². The molecule has 1 saturated carbocycles. The van der Waals surface area contributed by atoms with Crippen LogP contribution in [0.4, 0.5) is 4.79 Å². The highest BCUT2D eigenvalue weighted by Crippen LogP contribution is 2.50. The first-order chi connectivity index (χ1) is 28.0. The molecule has 6 unspecified atom stereocenters. The van der Waals surface area contributed by atoms with E-state index < -0.39 is 30.1 Å². The monoisotopic (exact) mass is 777 g/mol. The van der Waals surface area contributed by atoms with Crippen LogP contribution in [0.5, 0.6) is 0 Å². The summed E-state index contributed by atoms with van der Waals surface area (Å²) in [6.45, 7) is 14.6. The third kappa shape index (κ3) is 6.44. The number of barbiturate groups is 1. The number of nitrogens with zero attached hydrogens (tertiary/aromatic N) is 4. The van der Waals surface area contributed by atoms with Gasteiger partial charge in [-0.15, -0.1) is 0 Å². The van der Waals surface area contributed by atoms with Crippen molar-refractivity contribution in [3.8, 4) is 0 Å². The average molecular weight is 778 g/mol. The van der Waals surface area contributed by atoms with Crippen molar-refractivity contribution in [3.05, 3.63) is 153 Å². The lowest BCUT2D eigenvalue weighted by Crippen LogP contribution is -2.63. The Morgan fingerprint density at radius 3 is 1.67 bits per heavy atom. The van der Waals surface area contributed by atoms with Crippen molar-refractivity contribution < 1.29 is 14.4 Å². The van der Waals surface area contributed by atoms with Crippen LogP contribution < -0.4 is 5.73 Å². The second kappa shape index (κ2) is 15.9. The van der Waals surface area contributed by atoms with E-state index in [0.29, 0.717) is 37.3 Å². The summed E-state index contributed by atoms with van der Waals surface area (Å²) in [5, 5.41) is 0. The molecule has 0 aromatic rings. The van der Waals surface area contributed by atoms with Crippen molar-refractivity contribution in [2.24, 2.45) is 17.6 Å². The Morgan fingerprint density at radius 1 is 0.638 bits per heavy atom. The Labute approximate surface area is 344 Å². The fraction of sp³-hybridized carbons (Fsp3) is 0.420. The number of hydrogen-bond acceptors (Lipinski definition) is 6. The molecule has 0 aromatic carbocycles. The molecular formula is C50H59N5O3. The van der Waals surface area contributed by atoms with Crippen LogP contribution in [0.15, 0.2) is 153 Å². The molecule has 5 aliphatic carbocycles. The van der Waals surface area contributed by atoms with Gasteiger partial charge in [0.25, 0.3) is 11.8 Å². The molecule has 0 bridgehead atoms. The average Bonchev–Trinajstić information content (AvgIpc) is 3.85. The molecule has 8 aliphatic rings. The van der Waals surface area contributed by atoms with Gasteiger partial charge in [0.2, 0.25) is 0 Å². The summed E-state index contributed by atoms with van der Waals surface area (Å²) < 4.78 is 0. The Bertz CT molecular complexity index is 2210. The molecule has 4 fully saturated rings. The molecule has 0 aromatic heterocycles. The topological polar surface area (TPSA) is 90.2 Å². The van der Waals surface area contributed by atoms with Gasteiger partial charge in [0.1, 0.15) is 5.57 Å². The number of nitrogens with two attached hydrogens (primary N) is 1. The smallest absolute Gasteiger partial charge is 0.335 e. The van der Waals surface area contributed by atoms with Gasteiger partial charge in [-0.3, -0.25) is 14.5 Å². The minimum Gasteiger partial charge on any atom is -0.361 e. The molecule has 6 atom stereocenters. The van der Waals surface area contributed by atoms with Gasteiger partial charge in [0.05, 0.1) is 18.2 Å². The number of hydrogen-bond donors (Lipinski definition) is 1. The summed E-state index contributed by atoms with van der Waals surface area (Å²) in [5.41, 5.74) is 16.6. The van der Waals surface area contributed by atoms with Crippen molar-refractivity contribution in [1.82, 2.24) is 19.6 Å². The van der Waals surface area contributed by atoms with Crippen LogP contribution in [0.1, 0.15) is 87.0 Å². The first-order valence-electron chi connectivity index (χ1n) is 21.6. The molecule has 2 N–H and O–H groups in total. The van der Waals surface area contributed by atoms with Gasteiger partial charge in [-0.2, -0.15) is 0 Å². The summed E-state index contributed by atoms with van der Waals surface area (Å²) in [7, 11) is 0. The van der Waals surface area contributed by atoms with Crippen LogP contribution in [0.3, 0.4) is 0 Å². The number of urea groups is 1. The molecule has 8 heteroatoms. The van der Waals surface area contributed by atoms with Crippen LogP contribution >= 0.6 is 0 Å². The summed E-state index contributed by atoms with van der Waals surface area (Å²) in [6.07, 6.45) is 39.0. The van der Waals surface area contributed by atoms with Crippen molar-refractivity contribution in [2.45, 2.75) is 123 Å². The van der Waals surface area contributed by atoms with E-state index in [2.05, 4.69) is 135 Å². The van der Waals surface area contributed by atoms with Gasteiger partial charge in [0, 0.05) is 41.4 Å². The summed E-state index contributed by atoms with van der Waals surface area (Å²) in [5.74, 6) is -0.646. The highest BCUT2D eigenvalue weighted by Gasteiger charge is 2.49. The Balaban J connectivity index is 1.31. The standard InChI is InChI=1S/C50H59N5O3/c1-8-14-32(7)54-40(38-21-11-17-34-19-13-23-42(54)46(34)38)29-27-36-25-24-35(26-28-39-37-20-10-16-33-18-12-22-41(45(33)37)52(39)30(3)4)44(36)47-48(56)53(31(5)6)50(58)55(49(47)57)43(51)15-9-2/h10-13,16-23,26-32,41-43,45-46H,8-9,14-15,24-25,51H2,1-7H3/b35-26+,36-27+,39-28+,40-29+,47-44+. The summed E-state index contributed by atoms with van der Waals surface area (Å²) in [6, 6.07) is -0.117. The zero-order valence-corrected chi connectivity index (χ0v) is 35.2. The van der Waals surface area contributed by atoms with E-state index in [1.54, 1.807) is 0 Å². The van der Waals surface area contributed by atoms with Gasteiger partial charge >= 0.3 is 6.03 Å². The largest absolute Gasteiger partial charge is 0.361 e. The first kappa shape index (κ1) is 39.6. The Hall–Kier alpha value is -5.21. The molecule has 4 amide bonds. The van der Waals surface area contributed by atoms with Gasteiger partial charge in [0.15, 0.2) is 0 Å². The molecule has 3 heterocycles. The number of likely N-dealkylation sites (tertiary alicyclic amines) is 2. The lowest BCUT2D eigenvalue weighted by Gasteiger charge is -2.39. The molecule has 58 heavy (non-hydrogen) atoms. The zero-order chi connectivity index (χ0) is 41.0. The van der Waals surface area contributed by atoms with Crippen LogP contribution in [0, 0.1) is 11.8 Å². The van der Waals surface area contributed by atoms with E-state index in [9.17, 15) is 14.4 Å². The highest BCUT2D eigenvalue weighted by atomic mass is 16.2. The molecule has 3 saturated heterocycles. The minimum atomic E-state index is -0.847. The molecule has 0 radical (unpaired) electrons. The number of amides is 4. The van der Waals surface area contributed by atoms with E-state index >= 15 is 0 Å². The maximum Gasteiger partial charge on any atom is 0.335 e. The maximum absolute atomic E-state index is 14.8. The second-order valence-corrected chi connectivity index (χ2v) is 17.4. The number of imide groups is 2. The molecule has 0 spiro atoms. The van der Waals surface area contributed by atoms with Crippen LogP contribution in [0.25, 0.3) is 0 Å². The predicted molar refractivity (Wildman–Crippen MR) is 232 cm³/mol. The van der Waals surface area contributed by atoms with Gasteiger partial charge in [-0.05, 0) is 111 Å². The molecule has 8 rings (SSSR count). The van der Waals surface area contributed by atoms with Crippen LogP contribution in [0.2, 0.25) is 0 Å². The highest BCUT2D eigenvalue weighted by molar-refractivity contribution is 6.30. The molecule has 3 aliphatic heterocycles. The predicted octanol–water partition coefficient (Wildman–Crippen LogP) is 9.16. The van der Waals surface area contributed by atoms with Gasteiger partial charge < -0.3 is 15.5 Å². The number of carbonyl (C=O) groups is 3. The molecule has 302 valence electrons. The SMILES string of the molecule is CCCC(N)N1C(=O)/C(=C2C(=C\C=C3/C4=CC=CC5=CC=CC(C54)N3C(C)C)\CCC\2=C/C=C2\C3=CC=CC4=CC=CC(C43)N2C(C)CCC)C(=O)N(C(C)C)C1=O. The van der Waals surface area contributed by atoms with Crippen molar-refractivity contribution in [1.29, 1.82) is 0 Å². The van der Waals surface area contributed by atoms with E-state index in [1.807, 2.05) is 20.8 Å². The second-order valence-electron chi connectivity index (χ2n) is 17.4. The minimum absolute atomic E-state index is 0.0321. The Kier molecular flexibility index (Phi) is 10.8. The van der Waals surface area contributed by atoms with Crippen LogP contribution in [-0.4, -0.2) is 73.8 Å². The van der Waals surface area contributed by atoms with Crippen LogP contribution in [-0.2, 0) is 9.59 Å². The van der Waals surface area contributed by atoms with Gasteiger partial charge in [-0.25, -0.2) is 9.69 Å². The number of allylic oxidation sites excluding steroid dienone is 19. The third-order valence-corrected chi connectivity index (χ3v) is 13.1. The summed E-state index contributed by atoms with van der Waals surface area (Å²) >= 11 is 0. The molecular weight excluding hydrogens is 719 g/mol. The van der Waals surface area contributed by atoms with Crippen molar-refractivity contribution in [2.75, 3.05) is 0 Å². The number of carbonyl (C=O) groups excluding carboxylic acids is 3.